The number of carbonyl (C=O) groups is 3. The number of unbranched alkanes of at least 4 members (excludes halogenated alkanes) is 38. The number of rotatable bonds is 59. The fourth-order valence-electron chi connectivity index (χ4n) is 9.36. The van der Waals surface area contributed by atoms with Gasteiger partial charge in [0.1, 0.15) is 13.2 Å². The average molecular weight is 1040 g/mol. The Hall–Kier alpha value is -2.89. The molecule has 0 heterocycles. The fourth-order valence-corrected chi connectivity index (χ4v) is 9.36. The van der Waals surface area contributed by atoms with Gasteiger partial charge in [-0.2, -0.15) is 0 Å². The third kappa shape index (κ3) is 60.0. The lowest BCUT2D eigenvalue weighted by molar-refractivity contribution is -0.167. The van der Waals surface area contributed by atoms with Gasteiger partial charge in [-0.05, 0) is 89.9 Å². The predicted octanol–water partition coefficient (Wildman–Crippen LogP) is 21.9. The summed E-state index contributed by atoms with van der Waals surface area (Å²) in [6, 6.07) is 0. The predicted molar refractivity (Wildman–Crippen MR) is 321 cm³/mol. The van der Waals surface area contributed by atoms with E-state index in [4.69, 9.17) is 14.2 Å². The third-order valence-electron chi connectivity index (χ3n) is 14.2. The first-order valence-electron chi connectivity index (χ1n) is 32.3. The quantitative estimate of drug-likeness (QED) is 0.0261. The third-order valence-corrected chi connectivity index (χ3v) is 14.2. The second-order valence-corrected chi connectivity index (χ2v) is 21.7. The zero-order valence-electron chi connectivity index (χ0n) is 49.4. The Morgan fingerprint density at radius 1 is 0.270 bits per heavy atom. The highest BCUT2D eigenvalue weighted by atomic mass is 16.6. The molecule has 0 aliphatic carbocycles. The van der Waals surface area contributed by atoms with Crippen LogP contribution in [0, 0.1) is 0 Å². The Morgan fingerprint density at radius 3 is 0.757 bits per heavy atom. The highest BCUT2D eigenvalue weighted by molar-refractivity contribution is 5.71. The number of hydrogen-bond donors (Lipinski definition) is 0. The molecule has 0 radical (unpaired) electrons. The second kappa shape index (κ2) is 62.6. The first-order valence-corrected chi connectivity index (χ1v) is 32.3. The lowest BCUT2D eigenvalue weighted by Crippen LogP contribution is -2.30. The van der Waals surface area contributed by atoms with Crippen LogP contribution in [0.15, 0.2) is 60.8 Å². The Labute approximate surface area is 460 Å². The van der Waals surface area contributed by atoms with Crippen molar-refractivity contribution in [3.8, 4) is 0 Å². The molecule has 0 fully saturated rings. The van der Waals surface area contributed by atoms with Crippen molar-refractivity contribution < 1.29 is 28.6 Å². The van der Waals surface area contributed by atoms with Crippen molar-refractivity contribution in [2.45, 2.75) is 341 Å². The highest BCUT2D eigenvalue weighted by Crippen LogP contribution is 2.17. The van der Waals surface area contributed by atoms with Gasteiger partial charge in [-0.15, -0.1) is 0 Å². The Kier molecular flexibility index (Phi) is 60.2. The van der Waals surface area contributed by atoms with E-state index in [9.17, 15) is 14.4 Å². The summed E-state index contributed by atoms with van der Waals surface area (Å²) in [6.45, 7) is 6.62. The zero-order valence-corrected chi connectivity index (χ0v) is 49.4. The second-order valence-electron chi connectivity index (χ2n) is 21.7. The standard InChI is InChI=1S/C68H122O6/c1-4-7-10-13-16-19-21-23-25-27-29-31-33-34-36-37-39-41-43-45-47-49-52-55-58-61-67(70)73-64-65(63-72-66(69)60-57-54-51-18-15-12-9-6-3)74-68(71)62-59-56-53-50-48-46-44-42-40-38-35-32-30-28-26-24-22-20-17-14-11-8-5-2/h21-24,27-30,35,38,65H,4-20,25-26,31-34,36-37,39-64H2,1-3H3/b23-21-,24-22-,29-27-,30-28-,38-35-. The van der Waals surface area contributed by atoms with E-state index in [1.165, 1.54) is 212 Å². The van der Waals surface area contributed by atoms with Gasteiger partial charge in [-0.3, -0.25) is 14.4 Å². The Balaban J connectivity index is 4.17. The average Bonchev–Trinajstić information content (AvgIpc) is 3.40. The summed E-state index contributed by atoms with van der Waals surface area (Å²) < 4.78 is 16.9. The van der Waals surface area contributed by atoms with Crippen LogP contribution in [0.2, 0.25) is 0 Å². The topological polar surface area (TPSA) is 78.9 Å². The van der Waals surface area contributed by atoms with E-state index in [-0.39, 0.29) is 31.1 Å². The molecule has 0 aliphatic rings. The summed E-state index contributed by atoms with van der Waals surface area (Å²) >= 11 is 0. The van der Waals surface area contributed by atoms with Gasteiger partial charge in [0.15, 0.2) is 6.10 Å². The summed E-state index contributed by atoms with van der Waals surface area (Å²) in [7, 11) is 0. The first-order chi connectivity index (χ1) is 36.5. The van der Waals surface area contributed by atoms with Crippen LogP contribution in [-0.2, 0) is 28.6 Å². The summed E-state index contributed by atoms with van der Waals surface area (Å²) in [5, 5.41) is 0. The van der Waals surface area contributed by atoms with Crippen LogP contribution in [0.4, 0.5) is 0 Å². The van der Waals surface area contributed by atoms with Crippen LogP contribution in [0.25, 0.3) is 0 Å². The van der Waals surface area contributed by atoms with Crippen LogP contribution in [-0.4, -0.2) is 37.2 Å². The smallest absolute Gasteiger partial charge is 0.306 e. The summed E-state index contributed by atoms with van der Waals surface area (Å²) in [6.07, 6.45) is 79.6. The van der Waals surface area contributed by atoms with Crippen LogP contribution >= 0.6 is 0 Å². The van der Waals surface area contributed by atoms with Gasteiger partial charge in [0, 0.05) is 19.3 Å². The molecule has 0 rings (SSSR count). The normalized spacial score (nSPS) is 12.4. The molecule has 0 aromatic carbocycles. The molecule has 0 saturated heterocycles. The van der Waals surface area contributed by atoms with E-state index in [1.807, 2.05) is 0 Å². The molecule has 6 heteroatoms. The van der Waals surface area contributed by atoms with Crippen LogP contribution in [0.3, 0.4) is 0 Å². The molecule has 6 nitrogen and oxygen atoms in total. The van der Waals surface area contributed by atoms with Gasteiger partial charge in [-0.1, -0.05) is 287 Å². The van der Waals surface area contributed by atoms with Crippen molar-refractivity contribution in [2.75, 3.05) is 13.2 Å². The minimum atomic E-state index is -0.776. The Bertz CT molecular complexity index is 1330. The molecule has 0 aromatic heterocycles. The van der Waals surface area contributed by atoms with Crippen molar-refractivity contribution in [2.24, 2.45) is 0 Å². The molecule has 0 aromatic rings. The molecule has 0 bridgehead atoms. The number of ether oxygens (including phenoxy) is 3. The van der Waals surface area contributed by atoms with E-state index in [0.717, 1.165) is 83.5 Å². The first kappa shape index (κ1) is 71.1. The van der Waals surface area contributed by atoms with Crippen molar-refractivity contribution in [1.82, 2.24) is 0 Å². The van der Waals surface area contributed by atoms with Crippen LogP contribution in [0.1, 0.15) is 335 Å². The monoisotopic (exact) mass is 1030 g/mol. The summed E-state index contributed by atoms with van der Waals surface area (Å²) in [4.78, 5) is 38.1. The molecule has 0 spiro atoms. The van der Waals surface area contributed by atoms with Gasteiger partial charge < -0.3 is 14.2 Å². The maximum atomic E-state index is 12.9. The van der Waals surface area contributed by atoms with E-state index in [0.29, 0.717) is 19.3 Å². The largest absolute Gasteiger partial charge is 0.462 e. The van der Waals surface area contributed by atoms with Crippen molar-refractivity contribution in [1.29, 1.82) is 0 Å². The summed E-state index contributed by atoms with van der Waals surface area (Å²) in [5.74, 6) is -0.872. The van der Waals surface area contributed by atoms with E-state index in [1.54, 1.807) is 0 Å². The van der Waals surface area contributed by atoms with Crippen molar-refractivity contribution in [3.63, 3.8) is 0 Å². The molecule has 74 heavy (non-hydrogen) atoms. The van der Waals surface area contributed by atoms with Gasteiger partial charge in [0.25, 0.3) is 0 Å². The van der Waals surface area contributed by atoms with Gasteiger partial charge in [0.2, 0.25) is 0 Å². The van der Waals surface area contributed by atoms with Crippen molar-refractivity contribution >= 4 is 17.9 Å². The molecule has 0 saturated carbocycles. The Morgan fingerprint density at radius 2 is 0.486 bits per heavy atom. The maximum Gasteiger partial charge on any atom is 0.306 e. The minimum Gasteiger partial charge on any atom is -0.462 e. The van der Waals surface area contributed by atoms with Crippen LogP contribution < -0.4 is 0 Å². The molecule has 430 valence electrons. The lowest BCUT2D eigenvalue weighted by Gasteiger charge is -2.18. The molecule has 0 aliphatic heterocycles. The molecule has 1 atom stereocenters. The maximum absolute atomic E-state index is 12.9. The zero-order chi connectivity index (χ0) is 53.6. The molecule has 0 N–H and O–H groups in total. The van der Waals surface area contributed by atoms with Gasteiger partial charge >= 0.3 is 17.9 Å². The summed E-state index contributed by atoms with van der Waals surface area (Å²) in [5.41, 5.74) is 0. The number of allylic oxidation sites excluding steroid dienone is 10. The number of esters is 3. The van der Waals surface area contributed by atoms with E-state index in [2.05, 4.69) is 81.5 Å². The molecular weight excluding hydrogens is 913 g/mol. The fraction of sp³-hybridized carbons (Fsp3) is 0.809. The SMILES string of the molecule is CCCCCCC/C=C\C/C=C\C/C=C\CCCCCCCCCCC(=O)OC(COC(=O)CCCCCCCCCC)COC(=O)CCCCCCCCCCCCCCC/C=C\C/C=C\CCCCCCC. The highest BCUT2D eigenvalue weighted by Gasteiger charge is 2.19. The lowest BCUT2D eigenvalue weighted by atomic mass is 10.0. The van der Waals surface area contributed by atoms with E-state index < -0.39 is 6.10 Å². The van der Waals surface area contributed by atoms with Gasteiger partial charge in [0.05, 0.1) is 0 Å². The van der Waals surface area contributed by atoms with Crippen molar-refractivity contribution in [3.05, 3.63) is 60.8 Å². The molecule has 0 amide bonds. The molecular formula is C68H122O6. The number of carbonyl (C=O) groups excluding carboxylic acids is 3. The van der Waals surface area contributed by atoms with Gasteiger partial charge in [-0.25, -0.2) is 0 Å². The molecule has 1 unspecified atom stereocenters. The number of hydrogen-bond acceptors (Lipinski definition) is 6. The minimum absolute atomic E-state index is 0.0748. The van der Waals surface area contributed by atoms with Crippen LogP contribution in [0.5, 0.6) is 0 Å². The van der Waals surface area contributed by atoms with E-state index >= 15 is 0 Å².